The van der Waals surface area contributed by atoms with Crippen LogP contribution in [0.15, 0.2) is 0 Å². The zero-order chi connectivity index (χ0) is 14.4. The highest BCUT2D eigenvalue weighted by atomic mass is 15.2. The summed E-state index contributed by atoms with van der Waals surface area (Å²) >= 11 is 0. The summed E-state index contributed by atoms with van der Waals surface area (Å²) in [6.45, 7) is 5.06. The summed E-state index contributed by atoms with van der Waals surface area (Å²) in [5.74, 6) is 3.25. The van der Waals surface area contributed by atoms with E-state index in [0.29, 0.717) is 5.41 Å². The Labute approximate surface area is 131 Å². The summed E-state index contributed by atoms with van der Waals surface area (Å²) in [6, 6.07) is 1.54. The van der Waals surface area contributed by atoms with Gasteiger partial charge in [0.15, 0.2) is 0 Å². The lowest BCUT2D eigenvalue weighted by molar-refractivity contribution is -0.0936. The quantitative estimate of drug-likeness (QED) is 0.850. The average Bonchev–Trinajstić information content (AvgIpc) is 2.46. The second kappa shape index (κ2) is 5.53. The van der Waals surface area contributed by atoms with Crippen LogP contribution in [-0.2, 0) is 0 Å². The molecule has 2 nitrogen and oxygen atoms in total. The molecule has 0 radical (unpaired) electrons. The molecule has 5 aliphatic rings. The van der Waals surface area contributed by atoms with E-state index in [-0.39, 0.29) is 0 Å². The minimum absolute atomic E-state index is 0.679. The van der Waals surface area contributed by atoms with Crippen molar-refractivity contribution in [2.75, 3.05) is 20.1 Å². The van der Waals surface area contributed by atoms with Gasteiger partial charge in [0.05, 0.1) is 0 Å². The summed E-state index contributed by atoms with van der Waals surface area (Å²) in [6.07, 6.45) is 13.5. The molecule has 2 heteroatoms. The fraction of sp³-hybridized carbons (Fsp3) is 1.00. The number of hydrogen-bond donors (Lipinski definition) is 1. The number of nitrogens with zero attached hydrogens (tertiary/aromatic N) is 1. The van der Waals surface area contributed by atoms with E-state index in [1.807, 2.05) is 0 Å². The summed E-state index contributed by atoms with van der Waals surface area (Å²) in [4.78, 5) is 2.72. The number of piperidine rings is 1. The van der Waals surface area contributed by atoms with E-state index in [4.69, 9.17) is 0 Å². The first-order valence-electron chi connectivity index (χ1n) is 9.58. The molecule has 0 aromatic heterocycles. The van der Waals surface area contributed by atoms with Crippen LogP contribution < -0.4 is 5.32 Å². The van der Waals surface area contributed by atoms with Gasteiger partial charge in [-0.3, -0.25) is 0 Å². The molecule has 2 unspecified atom stereocenters. The van der Waals surface area contributed by atoms with Crippen LogP contribution in [0.2, 0.25) is 0 Å². The Bertz CT molecular complexity index is 336. The third kappa shape index (κ3) is 2.67. The predicted molar refractivity (Wildman–Crippen MR) is 88.3 cm³/mol. The van der Waals surface area contributed by atoms with Crippen molar-refractivity contribution in [3.05, 3.63) is 0 Å². The van der Waals surface area contributed by atoms with E-state index in [1.54, 1.807) is 38.5 Å². The Balaban J connectivity index is 1.42. The van der Waals surface area contributed by atoms with E-state index in [9.17, 15) is 0 Å². The number of hydrogen-bond acceptors (Lipinski definition) is 2. The Hall–Kier alpha value is -0.0800. The SMILES string of the molecule is CC(N(C)CC1CCCCN1)C12CC3CC(CC(C3)C1)C2. The second-order valence-electron chi connectivity index (χ2n) is 9.04. The third-order valence-corrected chi connectivity index (χ3v) is 7.55. The van der Waals surface area contributed by atoms with Crippen LogP contribution in [0.4, 0.5) is 0 Å². The second-order valence-corrected chi connectivity index (χ2v) is 9.04. The lowest BCUT2D eigenvalue weighted by atomic mass is 9.47. The molecule has 4 bridgehead atoms. The average molecular weight is 290 g/mol. The third-order valence-electron chi connectivity index (χ3n) is 7.55. The van der Waals surface area contributed by atoms with Gasteiger partial charge < -0.3 is 10.2 Å². The Kier molecular flexibility index (Phi) is 3.82. The molecule has 0 spiro atoms. The maximum absolute atomic E-state index is 3.74. The topological polar surface area (TPSA) is 15.3 Å². The minimum atomic E-state index is 0.679. The molecule has 5 fully saturated rings. The first-order chi connectivity index (χ1) is 10.1. The van der Waals surface area contributed by atoms with Crippen molar-refractivity contribution in [3.8, 4) is 0 Å². The highest BCUT2D eigenvalue weighted by Gasteiger charge is 2.53. The number of nitrogens with one attached hydrogen (secondary N) is 1. The van der Waals surface area contributed by atoms with Gasteiger partial charge in [0, 0.05) is 18.6 Å². The van der Waals surface area contributed by atoms with Crippen molar-refractivity contribution in [3.63, 3.8) is 0 Å². The molecule has 1 saturated heterocycles. The number of rotatable bonds is 4. The van der Waals surface area contributed by atoms with E-state index < -0.39 is 0 Å². The van der Waals surface area contributed by atoms with Crippen molar-refractivity contribution in [2.24, 2.45) is 23.2 Å². The van der Waals surface area contributed by atoms with Crippen LogP contribution in [0, 0.1) is 23.2 Å². The molecule has 1 aliphatic heterocycles. The lowest BCUT2D eigenvalue weighted by Gasteiger charge is -2.60. The highest BCUT2D eigenvalue weighted by Crippen LogP contribution is 2.61. The molecule has 21 heavy (non-hydrogen) atoms. The molecule has 120 valence electrons. The van der Waals surface area contributed by atoms with Crippen LogP contribution in [0.25, 0.3) is 0 Å². The molecular formula is C19H34N2. The highest BCUT2D eigenvalue weighted by molar-refractivity contribution is 5.05. The standard InChI is InChI=1S/C19H34N2/c1-14(21(2)13-18-5-3-4-6-20-18)19-10-15-7-16(11-19)9-17(8-15)12-19/h14-18,20H,3-13H2,1-2H3. The van der Waals surface area contributed by atoms with Crippen LogP contribution in [0.5, 0.6) is 0 Å². The molecule has 5 rings (SSSR count). The molecule has 0 amide bonds. The van der Waals surface area contributed by atoms with Gasteiger partial charge in [-0.2, -0.15) is 0 Å². The molecule has 4 saturated carbocycles. The molecule has 1 N–H and O–H groups in total. The van der Waals surface area contributed by atoms with Gasteiger partial charge in [-0.15, -0.1) is 0 Å². The van der Waals surface area contributed by atoms with Gasteiger partial charge in [-0.1, -0.05) is 6.42 Å². The van der Waals surface area contributed by atoms with E-state index >= 15 is 0 Å². The maximum Gasteiger partial charge on any atom is 0.0195 e. The Morgan fingerprint density at radius 2 is 1.67 bits per heavy atom. The number of likely N-dealkylation sites (N-methyl/N-ethyl adjacent to an activating group) is 1. The van der Waals surface area contributed by atoms with Crippen molar-refractivity contribution in [1.29, 1.82) is 0 Å². The molecule has 2 atom stereocenters. The van der Waals surface area contributed by atoms with Gasteiger partial charge in [0.2, 0.25) is 0 Å². The summed E-state index contributed by atoms with van der Waals surface area (Å²) < 4.78 is 0. The lowest BCUT2D eigenvalue weighted by Crippen LogP contribution is -2.56. The minimum Gasteiger partial charge on any atom is -0.313 e. The van der Waals surface area contributed by atoms with Gasteiger partial charge >= 0.3 is 0 Å². The van der Waals surface area contributed by atoms with Crippen molar-refractivity contribution >= 4 is 0 Å². The van der Waals surface area contributed by atoms with Gasteiger partial charge in [-0.05, 0) is 95.1 Å². The zero-order valence-corrected chi connectivity index (χ0v) is 14.1. The zero-order valence-electron chi connectivity index (χ0n) is 14.1. The maximum atomic E-state index is 3.74. The van der Waals surface area contributed by atoms with Gasteiger partial charge in [0.1, 0.15) is 0 Å². The van der Waals surface area contributed by atoms with Crippen LogP contribution in [0.3, 0.4) is 0 Å². The first-order valence-corrected chi connectivity index (χ1v) is 9.58. The smallest absolute Gasteiger partial charge is 0.0195 e. The summed E-state index contributed by atoms with van der Waals surface area (Å²) in [7, 11) is 2.40. The van der Waals surface area contributed by atoms with Crippen LogP contribution in [-0.4, -0.2) is 37.1 Å². The normalized spacial score (nSPS) is 47.0. The van der Waals surface area contributed by atoms with Gasteiger partial charge in [0.25, 0.3) is 0 Å². The first kappa shape index (κ1) is 14.5. The largest absolute Gasteiger partial charge is 0.313 e. The molecule has 0 aromatic rings. The summed E-state index contributed by atoms with van der Waals surface area (Å²) in [5.41, 5.74) is 0.679. The molecule has 4 aliphatic carbocycles. The predicted octanol–water partition coefficient (Wildman–Crippen LogP) is 3.67. The fourth-order valence-corrected chi connectivity index (χ4v) is 6.74. The van der Waals surface area contributed by atoms with Crippen molar-refractivity contribution in [2.45, 2.75) is 76.8 Å². The fourth-order valence-electron chi connectivity index (χ4n) is 6.74. The van der Waals surface area contributed by atoms with Crippen LogP contribution in [0.1, 0.15) is 64.7 Å². The monoisotopic (exact) mass is 290 g/mol. The molecule has 0 aromatic carbocycles. The molecular weight excluding hydrogens is 256 g/mol. The Morgan fingerprint density at radius 3 is 2.19 bits per heavy atom. The van der Waals surface area contributed by atoms with Crippen molar-refractivity contribution in [1.82, 2.24) is 10.2 Å². The summed E-state index contributed by atoms with van der Waals surface area (Å²) in [5, 5.41) is 3.74. The van der Waals surface area contributed by atoms with E-state index in [2.05, 4.69) is 24.2 Å². The van der Waals surface area contributed by atoms with Crippen LogP contribution >= 0.6 is 0 Å². The Morgan fingerprint density at radius 1 is 1.05 bits per heavy atom. The van der Waals surface area contributed by atoms with Gasteiger partial charge in [-0.25, -0.2) is 0 Å². The van der Waals surface area contributed by atoms with E-state index in [0.717, 1.165) is 29.8 Å². The molecule has 1 heterocycles. The van der Waals surface area contributed by atoms with Crippen molar-refractivity contribution < 1.29 is 0 Å². The van der Waals surface area contributed by atoms with E-state index in [1.165, 1.54) is 32.4 Å².